The molecule has 9 nitrogen and oxygen atoms in total. The minimum Gasteiger partial charge on any atom is -0.489 e. The molecule has 0 aliphatic carbocycles. The third-order valence-electron chi connectivity index (χ3n) is 4.81. The van der Waals surface area contributed by atoms with Crippen LogP contribution in [0.2, 0.25) is 0 Å². The van der Waals surface area contributed by atoms with E-state index in [4.69, 9.17) is 14.2 Å². The van der Waals surface area contributed by atoms with Gasteiger partial charge in [0, 0.05) is 18.6 Å². The maximum Gasteiger partial charge on any atom is 0.408 e. The molecule has 1 atom stereocenters. The topological polar surface area (TPSA) is 117 Å². The average molecular weight is 459 g/mol. The Hall–Kier alpha value is -3.62. The van der Waals surface area contributed by atoms with E-state index in [1.165, 1.54) is 19.2 Å². The first kappa shape index (κ1) is 25.6. The number of aryl methyl sites for hydroxylation is 2. The van der Waals surface area contributed by atoms with Crippen molar-refractivity contribution in [2.75, 3.05) is 7.11 Å². The lowest BCUT2D eigenvalue weighted by atomic mass is 9.96. The standard InChI is InChI=1S/C24H30N2O7/c1-15-11-19(32-14-17-7-9-18(10-8-17)26(29)30)12-16(2)20(15)13-21(22(27)31-6)25-23(28)33-24(3,4)5/h7-12,21H,13-14H2,1-6H3,(H,25,28). The number of alkyl carbamates (subject to hydrolysis) is 1. The molecule has 1 unspecified atom stereocenters. The minimum absolute atomic E-state index is 0.0231. The summed E-state index contributed by atoms with van der Waals surface area (Å²) in [5.74, 6) is 0.0555. The van der Waals surface area contributed by atoms with Crippen LogP contribution >= 0.6 is 0 Å². The van der Waals surface area contributed by atoms with Gasteiger partial charge < -0.3 is 19.5 Å². The van der Waals surface area contributed by atoms with Crippen molar-refractivity contribution in [3.05, 3.63) is 68.8 Å². The maximum atomic E-state index is 12.3. The number of non-ortho nitro benzene ring substituents is 1. The Bertz CT molecular complexity index is 987. The Balaban J connectivity index is 2.12. The zero-order chi connectivity index (χ0) is 24.8. The smallest absolute Gasteiger partial charge is 0.408 e. The third-order valence-corrected chi connectivity index (χ3v) is 4.81. The maximum absolute atomic E-state index is 12.3. The summed E-state index contributed by atoms with van der Waals surface area (Å²) < 4.78 is 16.0. The molecule has 0 aromatic heterocycles. The van der Waals surface area contributed by atoms with E-state index < -0.39 is 28.6 Å². The predicted molar refractivity (Wildman–Crippen MR) is 122 cm³/mol. The van der Waals surface area contributed by atoms with Crippen LogP contribution < -0.4 is 10.1 Å². The van der Waals surface area contributed by atoms with Gasteiger partial charge in [-0.05, 0) is 81.1 Å². The summed E-state index contributed by atoms with van der Waals surface area (Å²) in [5, 5.41) is 13.4. The number of nitrogens with one attached hydrogen (secondary N) is 1. The van der Waals surface area contributed by atoms with Crippen LogP contribution in [0.1, 0.15) is 43.0 Å². The zero-order valence-electron chi connectivity index (χ0n) is 19.8. The number of methoxy groups -OCH3 is 1. The number of hydrogen-bond acceptors (Lipinski definition) is 7. The number of amides is 1. The first-order valence-corrected chi connectivity index (χ1v) is 10.4. The van der Waals surface area contributed by atoms with Gasteiger partial charge in [-0.2, -0.15) is 0 Å². The van der Waals surface area contributed by atoms with E-state index in [0.29, 0.717) is 5.75 Å². The van der Waals surface area contributed by atoms with Crippen molar-refractivity contribution >= 4 is 17.7 Å². The van der Waals surface area contributed by atoms with Crippen molar-refractivity contribution in [1.29, 1.82) is 0 Å². The molecule has 0 aliphatic rings. The molecule has 33 heavy (non-hydrogen) atoms. The molecule has 0 aliphatic heterocycles. The molecule has 1 amide bonds. The Labute approximate surface area is 193 Å². The number of nitro benzene ring substituents is 1. The minimum atomic E-state index is -0.908. The summed E-state index contributed by atoms with van der Waals surface area (Å²) in [6.45, 7) is 9.25. The number of nitro groups is 1. The fraction of sp³-hybridized carbons (Fsp3) is 0.417. The Morgan fingerprint density at radius 3 is 2.15 bits per heavy atom. The van der Waals surface area contributed by atoms with Gasteiger partial charge >= 0.3 is 12.1 Å². The molecular formula is C24H30N2O7. The van der Waals surface area contributed by atoms with Crippen molar-refractivity contribution in [3.8, 4) is 5.75 Å². The van der Waals surface area contributed by atoms with Crippen LogP contribution in [0.3, 0.4) is 0 Å². The number of carbonyl (C=O) groups is 2. The van der Waals surface area contributed by atoms with Crippen LogP contribution in [-0.4, -0.2) is 35.7 Å². The lowest BCUT2D eigenvalue weighted by Crippen LogP contribution is -2.45. The van der Waals surface area contributed by atoms with Crippen molar-refractivity contribution in [2.24, 2.45) is 0 Å². The van der Waals surface area contributed by atoms with E-state index in [9.17, 15) is 19.7 Å². The molecule has 2 rings (SSSR count). The number of esters is 1. The summed E-state index contributed by atoms with van der Waals surface area (Å²) in [6.07, 6.45) is -0.470. The molecule has 0 fully saturated rings. The first-order valence-electron chi connectivity index (χ1n) is 10.4. The van der Waals surface area contributed by atoms with E-state index in [1.807, 2.05) is 26.0 Å². The fourth-order valence-electron chi connectivity index (χ4n) is 3.23. The van der Waals surface area contributed by atoms with Gasteiger partial charge in [0.1, 0.15) is 24.0 Å². The molecule has 1 N–H and O–H groups in total. The highest BCUT2D eigenvalue weighted by atomic mass is 16.6. The van der Waals surface area contributed by atoms with E-state index in [0.717, 1.165) is 22.3 Å². The van der Waals surface area contributed by atoms with Gasteiger partial charge in [0.2, 0.25) is 0 Å². The molecule has 0 bridgehead atoms. The molecule has 2 aromatic rings. The summed E-state index contributed by atoms with van der Waals surface area (Å²) >= 11 is 0. The van der Waals surface area contributed by atoms with Crippen LogP contribution in [0, 0.1) is 24.0 Å². The van der Waals surface area contributed by atoms with Crippen LogP contribution in [0.15, 0.2) is 36.4 Å². The summed E-state index contributed by atoms with van der Waals surface area (Å²) in [4.78, 5) is 34.8. The average Bonchev–Trinajstić information content (AvgIpc) is 2.72. The van der Waals surface area contributed by atoms with Crippen LogP contribution in [-0.2, 0) is 27.3 Å². The second-order valence-electron chi connectivity index (χ2n) is 8.67. The van der Waals surface area contributed by atoms with E-state index in [1.54, 1.807) is 32.9 Å². The van der Waals surface area contributed by atoms with Crippen LogP contribution in [0.4, 0.5) is 10.5 Å². The van der Waals surface area contributed by atoms with Gasteiger partial charge in [-0.3, -0.25) is 10.1 Å². The van der Waals surface area contributed by atoms with Crippen molar-refractivity contribution in [3.63, 3.8) is 0 Å². The van der Waals surface area contributed by atoms with Gasteiger partial charge in [-0.25, -0.2) is 9.59 Å². The largest absolute Gasteiger partial charge is 0.489 e. The number of hydrogen-bond donors (Lipinski definition) is 1. The van der Waals surface area contributed by atoms with Gasteiger partial charge in [-0.1, -0.05) is 0 Å². The van der Waals surface area contributed by atoms with E-state index >= 15 is 0 Å². The van der Waals surface area contributed by atoms with Gasteiger partial charge in [0.25, 0.3) is 5.69 Å². The van der Waals surface area contributed by atoms with Crippen molar-refractivity contribution in [1.82, 2.24) is 5.32 Å². The molecule has 0 heterocycles. The van der Waals surface area contributed by atoms with Gasteiger partial charge in [0.15, 0.2) is 0 Å². The Kier molecular flexibility index (Phi) is 8.39. The van der Waals surface area contributed by atoms with E-state index in [-0.39, 0.29) is 18.7 Å². The molecule has 2 aromatic carbocycles. The molecule has 0 saturated carbocycles. The predicted octanol–water partition coefficient (Wildman–Crippen LogP) is 4.40. The van der Waals surface area contributed by atoms with Gasteiger partial charge in [0.05, 0.1) is 12.0 Å². The van der Waals surface area contributed by atoms with Crippen LogP contribution in [0.5, 0.6) is 5.75 Å². The number of rotatable bonds is 8. The van der Waals surface area contributed by atoms with E-state index in [2.05, 4.69) is 5.32 Å². The second kappa shape index (κ2) is 10.8. The normalized spacial score (nSPS) is 11.9. The lowest BCUT2D eigenvalue weighted by Gasteiger charge is -2.23. The lowest BCUT2D eigenvalue weighted by molar-refractivity contribution is -0.384. The first-order chi connectivity index (χ1) is 15.4. The number of carbonyl (C=O) groups excluding carboxylic acids is 2. The molecule has 0 saturated heterocycles. The number of benzene rings is 2. The molecular weight excluding hydrogens is 428 g/mol. The highest BCUT2D eigenvalue weighted by molar-refractivity contribution is 5.81. The molecule has 0 spiro atoms. The molecule has 178 valence electrons. The SMILES string of the molecule is COC(=O)C(Cc1c(C)cc(OCc2ccc([N+](=O)[O-])cc2)cc1C)NC(=O)OC(C)(C)C. The number of nitrogens with zero attached hydrogens (tertiary/aromatic N) is 1. The Morgan fingerprint density at radius 2 is 1.67 bits per heavy atom. The zero-order valence-corrected chi connectivity index (χ0v) is 19.8. The summed E-state index contributed by atoms with van der Waals surface area (Å²) in [5.41, 5.74) is 2.77. The van der Waals surface area contributed by atoms with Crippen molar-refractivity contribution < 1.29 is 28.7 Å². The van der Waals surface area contributed by atoms with Crippen molar-refractivity contribution in [2.45, 2.75) is 59.3 Å². The summed E-state index contributed by atoms with van der Waals surface area (Å²) in [7, 11) is 1.26. The third kappa shape index (κ3) is 7.78. The van der Waals surface area contributed by atoms with Crippen LogP contribution in [0.25, 0.3) is 0 Å². The molecule has 9 heteroatoms. The Morgan fingerprint density at radius 1 is 1.09 bits per heavy atom. The highest BCUT2D eigenvalue weighted by Crippen LogP contribution is 2.25. The second-order valence-corrected chi connectivity index (χ2v) is 8.67. The molecule has 0 radical (unpaired) electrons. The monoisotopic (exact) mass is 458 g/mol. The van der Waals surface area contributed by atoms with Gasteiger partial charge in [-0.15, -0.1) is 0 Å². The quantitative estimate of drug-likeness (QED) is 0.354. The number of ether oxygens (including phenoxy) is 3. The summed E-state index contributed by atoms with van der Waals surface area (Å²) in [6, 6.07) is 8.94. The fourth-order valence-corrected chi connectivity index (χ4v) is 3.23. The highest BCUT2D eigenvalue weighted by Gasteiger charge is 2.26.